The smallest absolute Gasteiger partial charge is 0.295 e. The van der Waals surface area contributed by atoms with Gasteiger partial charge in [0.25, 0.3) is 5.69 Å². The predicted molar refractivity (Wildman–Crippen MR) is 59.4 cm³/mol. The van der Waals surface area contributed by atoms with E-state index in [0.29, 0.717) is 11.7 Å². The van der Waals surface area contributed by atoms with Crippen LogP contribution in [-0.2, 0) is 6.54 Å². The fraction of sp³-hybridized carbons (Fsp3) is 0.200. The van der Waals surface area contributed by atoms with Crippen LogP contribution in [0.4, 0.5) is 15.8 Å². The molecule has 0 radical (unpaired) electrons. The van der Waals surface area contributed by atoms with Crippen LogP contribution in [0.25, 0.3) is 0 Å². The van der Waals surface area contributed by atoms with E-state index in [4.69, 9.17) is 4.52 Å². The third-order valence-electron chi connectivity index (χ3n) is 2.18. The molecule has 0 unspecified atom stereocenters. The monoisotopic (exact) mass is 252 g/mol. The number of benzene rings is 1. The molecule has 0 spiro atoms. The van der Waals surface area contributed by atoms with E-state index in [1.807, 2.05) is 0 Å². The van der Waals surface area contributed by atoms with Gasteiger partial charge in [0.2, 0.25) is 5.89 Å². The molecule has 18 heavy (non-hydrogen) atoms. The maximum absolute atomic E-state index is 13.5. The lowest BCUT2D eigenvalue weighted by molar-refractivity contribution is -0.384. The molecule has 7 nitrogen and oxygen atoms in total. The summed E-state index contributed by atoms with van der Waals surface area (Å²) in [5.41, 5.74) is -0.528. The fourth-order valence-corrected chi connectivity index (χ4v) is 1.42. The van der Waals surface area contributed by atoms with Crippen LogP contribution < -0.4 is 5.32 Å². The zero-order valence-electron chi connectivity index (χ0n) is 9.38. The van der Waals surface area contributed by atoms with Crippen LogP contribution in [0.1, 0.15) is 11.7 Å². The number of hydrogen-bond donors (Lipinski definition) is 1. The van der Waals surface area contributed by atoms with Crippen molar-refractivity contribution >= 4 is 11.4 Å². The first kappa shape index (κ1) is 12.0. The number of halogens is 1. The largest absolute Gasteiger partial charge is 0.370 e. The molecule has 0 aliphatic rings. The van der Waals surface area contributed by atoms with Gasteiger partial charge in [0, 0.05) is 13.0 Å². The number of rotatable bonds is 4. The maximum Gasteiger partial charge on any atom is 0.295 e. The molecule has 1 N–H and O–H groups in total. The first-order chi connectivity index (χ1) is 8.58. The summed E-state index contributed by atoms with van der Waals surface area (Å²) in [5, 5.41) is 16.9. The number of nitro groups is 1. The zero-order valence-corrected chi connectivity index (χ0v) is 9.38. The van der Waals surface area contributed by atoms with Crippen molar-refractivity contribution in [2.45, 2.75) is 13.5 Å². The molecule has 1 aromatic carbocycles. The highest BCUT2D eigenvalue weighted by Crippen LogP contribution is 2.27. The molecule has 0 bridgehead atoms. The highest BCUT2D eigenvalue weighted by atomic mass is 19.1. The van der Waals surface area contributed by atoms with Crippen molar-refractivity contribution in [2.24, 2.45) is 0 Å². The Morgan fingerprint density at radius 3 is 2.94 bits per heavy atom. The molecule has 2 aromatic rings. The van der Waals surface area contributed by atoms with Gasteiger partial charge in [-0.25, -0.2) is 4.39 Å². The molecular weight excluding hydrogens is 243 g/mol. The van der Waals surface area contributed by atoms with E-state index in [9.17, 15) is 14.5 Å². The minimum Gasteiger partial charge on any atom is -0.370 e. The molecule has 94 valence electrons. The molecule has 0 aliphatic heterocycles. The van der Waals surface area contributed by atoms with Crippen molar-refractivity contribution in [3.05, 3.63) is 45.8 Å². The minimum atomic E-state index is -0.704. The highest BCUT2D eigenvalue weighted by Gasteiger charge is 2.17. The maximum atomic E-state index is 13.5. The van der Waals surface area contributed by atoms with E-state index in [1.54, 1.807) is 6.92 Å². The summed E-state index contributed by atoms with van der Waals surface area (Å²) in [5.74, 6) is -0.0377. The summed E-state index contributed by atoms with van der Waals surface area (Å²) in [6.45, 7) is 1.65. The average molecular weight is 252 g/mol. The van der Waals surface area contributed by atoms with Crippen molar-refractivity contribution in [3.8, 4) is 0 Å². The van der Waals surface area contributed by atoms with Crippen LogP contribution in [-0.4, -0.2) is 15.1 Å². The quantitative estimate of drug-likeness (QED) is 0.660. The summed E-state index contributed by atoms with van der Waals surface area (Å²) < 4.78 is 18.2. The molecule has 0 atom stereocenters. The van der Waals surface area contributed by atoms with Crippen molar-refractivity contribution < 1.29 is 13.8 Å². The Hall–Kier alpha value is -2.51. The Bertz CT molecular complexity index is 584. The van der Waals surface area contributed by atoms with E-state index in [0.717, 1.165) is 6.07 Å². The van der Waals surface area contributed by atoms with Gasteiger partial charge in [-0.1, -0.05) is 11.2 Å². The second-order valence-electron chi connectivity index (χ2n) is 3.47. The van der Waals surface area contributed by atoms with Gasteiger partial charge in [-0.2, -0.15) is 4.98 Å². The number of para-hydroxylation sites is 1. The van der Waals surface area contributed by atoms with Gasteiger partial charge in [-0.3, -0.25) is 10.1 Å². The van der Waals surface area contributed by atoms with E-state index >= 15 is 0 Å². The molecule has 8 heteroatoms. The highest BCUT2D eigenvalue weighted by molar-refractivity contribution is 5.62. The van der Waals surface area contributed by atoms with Crippen molar-refractivity contribution in [1.29, 1.82) is 0 Å². The molecule has 0 fully saturated rings. The number of nitrogens with zero attached hydrogens (tertiary/aromatic N) is 3. The third kappa shape index (κ3) is 2.42. The number of aromatic nitrogens is 2. The van der Waals surface area contributed by atoms with Crippen LogP contribution in [0.15, 0.2) is 22.7 Å². The SMILES string of the molecule is Cc1nc(CNc2c(F)cccc2[N+](=O)[O-])no1. The summed E-state index contributed by atoms with van der Waals surface area (Å²) >= 11 is 0. The standard InChI is InChI=1S/C10H9FN4O3/c1-6-13-9(14-18-6)5-12-10-7(11)3-2-4-8(10)15(16)17/h2-4,12H,5H2,1H3. The molecule has 2 rings (SSSR count). The van der Waals surface area contributed by atoms with E-state index in [2.05, 4.69) is 15.5 Å². The average Bonchev–Trinajstić information content (AvgIpc) is 2.73. The summed E-state index contributed by atoms with van der Waals surface area (Å²) in [6.07, 6.45) is 0. The van der Waals surface area contributed by atoms with Crippen LogP contribution in [0.5, 0.6) is 0 Å². The van der Waals surface area contributed by atoms with Crippen molar-refractivity contribution in [2.75, 3.05) is 5.32 Å². The van der Waals surface area contributed by atoms with E-state index in [1.165, 1.54) is 12.1 Å². The van der Waals surface area contributed by atoms with Gasteiger partial charge in [0.15, 0.2) is 11.6 Å². The number of aryl methyl sites for hydroxylation is 1. The Morgan fingerprint density at radius 2 is 2.33 bits per heavy atom. The second-order valence-corrected chi connectivity index (χ2v) is 3.47. The second kappa shape index (κ2) is 4.78. The molecule has 0 saturated heterocycles. The van der Waals surface area contributed by atoms with Gasteiger partial charge in [0.1, 0.15) is 5.69 Å². The third-order valence-corrected chi connectivity index (χ3v) is 2.18. The zero-order chi connectivity index (χ0) is 13.1. The number of nitro benzene ring substituents is 1. The number of nitrogens with one attached hydrogen (secondary N) is 1. The molecule has 1 heterocycles. The van der Waals surface area contributed by atoms with Crippen LogP contribution in [0, 0.1) is 22.9 Å². The Balaban J connectivity index is 2.20. The number of hydrogen-bond acceptors (Lipinski definition) is 6. The lowest BCUT2D eigenvalue weighted by atomic mass is 10.2. The predicted octanol–water partition coefficient (Wildman–Crippen LogP) is 2.04. The number of anilines is 1. The summed E-state index contributed by atoms with van der Waals surface area (Å²) in [6, 6.07) is 3.63. The van der Waals surface area contributed by atoms with E-state index < -0.39 is 10.7 Å². The Kier molecular flexibility index (Phi) is 3.18. The lowest BCUT2D eigenvalue weighted by Gasteiger charge is -2.05. The first-order valence-electron chi connectivity index (χ1n) is 5.04. The van der Waals surface area contributed by atoms with E-state index in [-0.39, 0.29) is 17.9 Å². The molecule has 0 saturated carbocycles. The normalized spacial score (nSPS) is 10.3. The topological polar surface area (TPSA) is 94.1 Å². The van der Waals surface area contributed by atoms with Gasteiger partial charge < -0.3 is 9.84 Å². The summed E-state index contributed by atoms with van der Waals surface area (Å²) in [7, 11) is 0. The van der Waals surface area contributed by atoms with Gasteiger partial charge in [0.05, 0.1) is 11.5 Å². The van der Waals surface area contributed by atoms with Gasteiger partial charge in [-0.05, 0) is 6.07 Å². The van der Waals surface area contributed by atoms with Crippen LogP contribution in [0.3, 0.4) is 0 Å². The van der Waals surface area contributed by atoms with Crippen LogP contribution in [0.2, 0.25) is 0 Å². The molecular formula is C10H9FN4O3. The molecule has 1 aromatic heterocycles. The Labute approximate surface area is 101 Å². The fourth-order valence-electron chi connectivity index (χ4n) is 1.42. The molecule has 0 aliphatic carbocycles. The first-order valence-corrected chi connectivity index (χ1v) is 5.04. The minimum absolute atomic E-state index is 0.0408. The van der Waals surface area contributed by atoms with Gasteiger partial charge >= 0.3 is 0 Å². The van der Waals surface area contributed by atoms with Gasteiger partial charge in [-0.15, -0.1) is 0 Å². The van der Waals surface area contributed by atoms with Crippen LogP contribution >= 0.6 is 0 Å². The Morgan fingerprint density at radius 1 is 1.56 bits per heavy atom. The summed E-state index contributed by atoms with van der Waals surface area (Å²) in [4.78, 5) is 14.0. The van der Waals surface area contributed by atoms with Crippen molar-refractivity contribution in [3.63, 3.8) is 0 Å². The lowest BCUT2D eigenvalue weighted by Crippen LogP contribution is -2.06. The molecule has 0 amide bonds. The van der Waals surface area contributed by atoms with Crippen molar-refractivity contribution in [1.82, 2.24) is 10.1 Å².